The van der Waals surface area contributed by atoms with Crippen molar-refractivity contribution in [1.82, 2.24) is 0 Å². The summed E-state index contributed by atoms with van der Waals surface area (Å²) in [6.07, 6.45) is 0.382. The van der Waals surface area contributed by atoms with Gasteiger partial charge in [0.05, 0.1) is 12.8 Å². The van der Waals surface area contributed by atoms with Crippen LogP contribution in [-0.2, 0) is 6.42 Å². The smallest absolute Gasteiger partial charge is 0.167 e. The van der Waals surface area contributed by atoms with E-state index in [0.29, 0.717) is 23.4 Å². The van der Waals surface area contributed by atoms with Crippen molar-refractivity contribution in [3.8, 4) is 5.75 Å². The summed E-state index contributed by atoms with van der Waals surface area (Å²) in [4.78, 5) is 12.1. The number of methoxy groups -OCH3 is 1. The zero-order chi connectivity index (χ0) is 13.0. The van der Waals surface area contributed by atoms with Gasteiger partial charge in [-0.1, -0.05) is 30.3 Å². The molecule has 0 atom stereocenters. The van der Waals surface area contributed by atoms with Crippen molar-refractivity contribution < 1.29 is 9.53 Å². The Labute approximate surface area is 106 Å². The standard InChI is InChI=1S/C15H15NO2/c1-18-15-8-7-12(10-13(15)16)14(17)9-11-5-3-2-4-6-11/h2-8,10H,9,16H2,1H3. The van der Waals surface area contributed by atoms with E-state index in [1.54, 1.807) is 25.3 Å². The van der Waals surface area contributed by atoms with E-state index in [2.05, 4.69) is 0 Å². The summed E-state index contributed by atoms with van der Waals surface area (Å²) in [7, 11) is 1.55. The number of ether oxygens (including phenoxy) is 1. The predicted octanol–water partition coefficient (Wildman–Crippen LogP) is 2.70. The van der Waals surface area contributed by atoms with Gasteiger partial charge in [0.2, 0.25) is 0 Å². The van der Waals surface area contributed by atoms with E-state index in [9.17, 15) is 4.79 Å². The van der Waals surface area contributed by atoms with Crippen molar-refractivity contribution in [2.75, 3.05) is 12.8 Å². The third-order valence-electron chi connectivity index (χ3n) is 2.76. The van der Waals surface area contributed by atoms with Crippen molar-refractivity contribution in [1.29, 1.82) is 0 Å². The quantitative estimate of drug-likeness (QED) is 0.661. The molecule has 0 spiro atoms. The van der Waals surface area contributed by atoms with E-state index in [1.165, 1.54) is 0 Å². The molecule has 3 nitrogen and oxygen atoms in total. The van der Waals surface area contributed by atoms with E-state index in [4.69, 9.17) is 10.5 Å². The van der Waals surface area contributed by atoms with Crippen molar-refractivity contribution in [2.45, 2.75) is 6.42 Å². The number of Topliss-reactive ketones (excluding diaryl/α,β-unsaturated/α-hetero) is 1. The Balaban J connectivity index is 2.17. The van der Waals surface area contributed by atoms with Crippen LogP contribution >= 0.6 is 0 Å². The minimum Gasteiger partial charge on any atom is -0.495 e. The van der Waals surface area contributed by atoms with E-state index in [0.717, 1.165) is 5.56 Å². The van der Waals surface area contributed by atoms with E-state index in [-0.39, 0.29) is 5.78 Å². The molecule has 0 saturated carbocycles. The molecule has 0 fully saturated rings. The fourth-order valence-electron chi connectivity index (χ4n) is 1.79. The number of nitrogens with two attached hydrogens (primary N) is 1. The Morgan fingerprint density at radius 3 is 2.50 bits per heavy atom. The van der Waals surface area contributed by atoms with Crippen LogP contribution in [0.5, 0.6) is 5.75 Å². The second-order valence-corrected chi connectivity index (χ2v) is 4.04. The number of anilines is 1. The van der Waals surface area contributed by atoms with E-state index < -0.39 is 0 Å². The fourth-order valence-corrected chi connectivity index (χ4v) is 1.79. The van der Waals surface area contributed by atoms with Crippen LogP contribution in [0.25, 0.3) is 0 Å². The average molecular weight is 241 g/mol. The van der Waals surface area contributed by atoms with Gasteiger partial charge in [0.25, 0.3) is 0 Å². The van der Waals surface area contributed by atoms with Crippen LogP contribution in [0, 0.1) is 0 Å². The highest BCUT2D eigenvalue weighted by Gasteiger charge is 2.09. The van der Waals surface area contributed by atoms with E-state index in [1.807, 2.05) is 30.3 Å². The third kappa shape index (κ3) is 2.69. The van der Waals surface area contributed by atoms with Crippen LogP contribution in [0.4, 0.5) is 5.69 Å². The first-order valence-corrected chi connectivity index (χ1v) is 5.71. The molecule has 2 aromatic rings. The first-order valence-electron chi connectivity index (χ1n) is 5.71. The van der Waals surface area contributed by atoms with Crippen LogP contribution in [-0.4, -0.2) is 12.9 Å². The predicted molar refractivity (Wildman–Crippen MR) is 71.9 cm³/mol. The summed E-state index contributed by atoms with van der Waals surface area (Å²) in [6, 6.07) is 14.8. The fraction of sp³-hybridized carbons (Fsp3) is 0.133. The highest BCUT2D eigenvalue weighted by Crippen LogP contribution is 2.22. The topological polar surface area (TPSA) is 52.3 Å². The molecule has 2 aromatic carbocycles. The highest BCUT2D eigenvalue weighted by molar-refractivity contribution is 5.98. The summed E-state index contributed by atoms with van der Waals surface area (Å²) in [6.45, 7) is 0. The maximum absolute atomic E-state index is 12.1. The zero-order valence-electron chi connectivity index (χ0n) is 10.2. The molecule has 0 heterocycles. The van der Waals surface area contributed by atoms with Crippen LogP contribution in [0.1, 0.15) is 15.9 Å². The molecule has 2 N–H and O–H groups in total. The van der Waals surface area contributed by atoms with Gasteiger partial charge in [-0.2, -0.15) is 0 Å². The molecule has 0 saturated heterocycles. The molecular weight excluding hydrogens is 226 g/mol. The number of rotatable bonds is 4. The second kappa shape index (κ2) is 5.36. The lowest BCUT2D eigenvalue weighted by atomic mass is 10.0. The number of nitrogen functional groups attached to an aromatic ring is 1. The maximum Gasteiger partial charge on any atom is 0.167 e. The Morgan fingerprint density at radius 2 is 1.89 bits per heavy atom. The van der Waals surface area contributed by atoms with Gasteiger partial charge < -0.3 is 10.5 Å². The molecule has 0 unspecified atom stereocenters. The normalized spacial score (nSPS) is 10.1. The highest BCUT2D eigenvalue weighted by atomic mass is 16.5. The van der Waals surface area contributed by atoms with Gasteiger partial charge in [0.15, 0.2) is 5.78 Å². The van der Waals surface area contributed by atoms with Crippen LogP contribution in [0.2, 0.25) is 0 Å². The second-order valence-electron chi connectivity index (χ2n) is 4.04. The molecule has 18 heavy (non-hydrogen) atoms. The monoisotopic (exact) mass is 241 g/mol. The number of ketones is 1. The lowest BCUT2D eigenvalue weighted by molar-refractivity contribution is 0.0993. The number of carbonyl (C=O) groups is 1. The van der Waals surface area contributed by atoms with Gasteiger partial charge in [-0.05, 0) is 23.8 Å². The molecule has 0 bridgehead atoms. The van der Waals surface area contributed by atoms with Gasteiger partial charge >= 0.3 is 0 Å². The Morgan fingerprint density at radius 1 is 1.17 bits per heavy atom. The molecule has 0 aromatic heterocycles. The first-order chi connectivity index (χ1) is 8.70. The molecule has 0 amide bonds. The van der Waals surface area contributed by atoms with Crippen LogP contribution in [0.3, 0.4) is 0 Å². The van der Waals surface area contributed by atoms with Crippen LogP contribution in [0.15, 0.2) is 48.5 Å². The Hall–Kier alpha value is -2.29. The van der Waals surface area contributed by atoms with Crippen molar-refractivity contribution in [2.24, 2.45) is 0 Å². The van der Waals surface area contributed by atoms with Gasteiger partial charge in [0, 0.05) is 12.0 Å². The lowest BCUT2D eigenvalue weighted by Crippen LogP contribution is -2.04. The molecule has 0 aliphatic heterocycles. The molecule has 3 heteroatoms. The largest absolute Gasteiger partial charge is 0.495 e. The summed E-state index contributed by atoms with van der Waals surface area (Å²) in [5, 5.41) is 0. The SMILES string of the molecule is COc1ccc(C(=O)Cc2ccccc2)cc1N. The summed E-state index contributed by atoms with van der Waals surface area (Å²) >= 11 is 0. The minimum atomic E-state index is 0.0514. The molecule has 2 rings (SSSR count). The third-order valence-corrected chi connectivity index (χ3v) is 2.76. The van der Waals surface area contributed by atoms with Gasteiger partial charge in [-0.25, -0.2) is 0 Å². The maximum atomic E-state index is 12.1. The summed E-state index contributed by atoms with van der Waals surface area (Å²) in [5.74, 6) is 0.641. The minimum absolute atomic E-state index is 0.0514. The Bertz CT molecular complexity index is 550. The molecule has 0 aliphatic rings. The average Bonchev–Trinajstić information content (AvgIpc) is 2.39. The Kier molecular flexibility index (Phi) is 3.63. The van der Waals surface area contributed by atoms with Gasteiger partial charge in [0.1, 0.15) is 5.75 Å². The molecular formula is C15H15NO2. The number of carbonyl (C=O) groups excluding carboxylic acids is 1. The van der Waals surface area contributed by atoms with E-state index >= 15 is 0 Å². The van der Waals surface area contributed by atoms with Gasteiger partial charge in [-0.15, -0.1) is 0 Å². The van der Waals surface area contributed by atoms with Gasteiger partial charge in [-0.3, -0.25) is 4.79 Å². The number of benzene rings is 2. The number of hydrogen-bond acceptors (Lipinski definition) is 3. The lowest BCUT2D eigenvalue weighted by Gasteiger charge is -2.06. The summed E-state index contributed by atoms with van der Waals surface area (Å²) < 4.78 is 5.06. The molecule has 92 valence electrons. The van der Waals surface area contributed by atoms with Crippen molar-refractivity contribution in [3.05, 3.63) is 59.7 Å². The van der Waals surface area contributed by atoms with Crippen molar-refractivity contribution in [3.63, 3.8) is 0 Å². The number of hydrogen-bond donors (Lipinski definition) is 1. The summed E-state index contributed by atoms with van der Waals surface area (Å²) in [5.41, 5.74) is 7.87. The molecule has 0 aliphatic carbocycles. The first kappa shape index (κ1) is 12.2. The zero-order valence-corrected chi connectivity index (χ0v) is 10.2. The molecule has 0 radical (unpaired) electrons. The van der Waals surface area contributed by atoms with Crippen LogP contribution < -0.4 is 10.5 Å². The van der Waals surface area contributed by atoms with Crippen molar-refractivity contribution >= 4 is 11.5 Å².